The SMILES string of the molecule is Cc1cccc(NC(=O)CN(C)C(=O)CNC(=O)c2ccc(F)cc2F)c1C. The van der Waals surface area contributed by atoms with Crippen molar-refractivity contribution in [1.29, 1.82) is 0 Å². The van der Waals surface area contributed by atoms with Gasteiger partial charge in [-0.15, -0.1) is 0 Å². The maximum absolute atomic E-state index is 13.6. The van der Waals surface area contributed by atoms with Crippen LogP contribution in [-0.4, -0.2) is 42.8 Å². The summed E-state index contributed by atoms with van der Waals surface area (Å²) in [6, 6.07) is 8.03. The standard InChI is InChI=1S/C20H21F2N3O3/c1-12-5-4-6-17(13(12)2)24-18(26)11-25(3)19(27)10-23-20(28)15-8-7-14(21)9-16(15)22/h4-9H,10-11H2,1-3H3,(H,23,28)(H,24,26). The molecule has 2 aromatic rings. The first-order valence-electron chi connectivity index (χ1n) is 8.52. The topological polar surface area (TPSA) is 78.5 Å². The highest BCUT2D eigenvalue weighted by Gasteiger charge is 2.17. The highest BCUT2D eigenvalue weighted by atomic mass is 19.1. The molecule has 0 spiro atoms. The van der Waals surface area contributed by atoms with Gasteiger partial charge in [0.1, 0.15) is 11.6 Å². The number of halogens is 2. The Bertz CT molecular complexity index is 916. The van der Waals surface area contributed by atoms with Crippen LogP contribution in [-0.2, 0) is 9.59 Å². The summed E-state index contributed by atoms with van der Waals surface area (Å²) in [5, 5.41) is 4.99. The zero-order valence-corrected chi connectivity index (χ0v) is 15.8. The van der Waals surface area contributed by atoms with Gasteiger partial charge in [0, 0.05) is 18.8 Å². The number of carbonyl (C=O) groups is 3. The molecule has 0 aromatic heterocycles. The molecule has 0 fully saturated rings. The lowest BCUT2D eigenvalue weighted by atomic mass is 10.1. The molecular weight excluding hydrogens is 368 g/mol. The first kappa shape index (κ1) is 21.0. The Hall–Kier alpha value is -3.29. The molecule has 2 aromatic carbocycles. The van der Waals surface area contributed by atoms with Crippen LogP contribution in [0.3, 0.4) is 0 Å². The van der Waals surface area contributed by atoms with E-state index >= 15 is 0 Å². The molecule has 0 atom stereocenters. The van der Waals surface area contributed by atoms with Gasteiger partial charge >= 0.3 is 0 Å². The fourth-order valence-corrected chi connectivity index (χ4v) is 2.44. The minimum absolute atomic E-state index is 0.215. The van der Waals surface area contributed by atoms with Crippen LogP contribution in [0, 0.1) is 25.5 Å². The van der Waals surface area contributed by atoms with Gasteiger partial charge in [0.15, 0.2) is 0 Å². The molecule has 148 valence electrons. The third kappa shape index (κ3) is 5.35. The Balaban J connectivity index is 1.87. The first-order valence-corrected chi connectivity index (χ1v) is 8.52. The molecular formula is C20H21F2N3O3. The normalized spacial score (nSPS) is 10.3. The fourth-order valence-electron chi connectivity index (χ4n) is 2.44. The predicted octanol–water partition coefficient (Wildman–Crippen LogP) is 2.41. The third-order valence-corrected chi connectivity index (χ3v) is 4.26. The average molecular weight is 389 g/mol. The van der Waals surface area contributed by atoms with Crippen molar-refractivity contribution in [2.45, 2.75) is 13.8 Å². The molecule has 28 heavy (non-hydrogen) atoms. The predicted molar refractivity (Wildman–Crippen MR) is 101 cm³/mol. The van der Waals surface area contributed by atoms with E-state index in [1.807, 2.05) is 26.0 Å². The molecule has 3 amide bonds. The minimum atomic E-state index is -1.02. The van der Waals surface area contributed by atoms with Gasteiger partial charge in [0.2, 0.25) is 11.8 Å². The summed E-state index contributed by atoms with van der Waals surface area (Å²) in [4.78, 5) is 37.3. The van der Waals surface area contributed by atoms with E-state index in [1.165, 1.54) is 7.05 Å². The lowest BCUT2D eigenvalue weighted by Gasteiger charge is -2.18. The van der Waals surface area contributed by atoms with Gasteiger partial charge < -0.3 is 15.5 Å². The van der Waals surface area contributed by atoms with Gasteiger partial charge in [0.05, 0.1) is 18.7 Å². The molecule has 0 saturated heterocycles. The van der Waals surface area contributed by atoms with Crippen LogP contribution < -0.4 is 10.6 Å². The van der Waals surface area contributed by atoms with Crippen LogP contribution in [0.15, 0.2) is 36.4 Å². The summed E-state index contributed by atoms with van der Waals surface area (Å²) in [5.41, 5.74) is 2.24. The number of benzene rings is 2. The number of anilines is 1. The molecule has 0 saturated carbocycles. The monoisotopic (exact) mass is 389 g/mol. The van der Waals surface area contributed by atoms with E-state index in [2.05, 4.69) is 10.6 Å². The van der Waals surface area contributed by atoms with Gasteiger partial charge in [-0.2, -0.15) is 0 Å². The van der Waals surface area contributed by atoms with E-state index in [0.717, 1.165) is 28.2 Å². The second-order valence-corrected chi connectivity index (χ2v) is 6.35. The van der Waals surface area contributed by atoms with Crippen molar-refractivity contribution in [3.63, 3.8) is 0 Å². The largest absolute Gasteiger partial charge is 0.343 e. The number of likely N-dealkylation sites (N-methyl/N-ethyl adjacent to an activating group) is 1. The van der Waals surface area contributed by atoms with Gasteiger partial charge in [0.25, 0.3) is 5.91 Å². The Labute approximate surface area is 161 Å². The molecule has 0 aliphatic heterocycles. The molecule has 0 unspecified atom stereocenters. The summed E-state index contributed by atoms with van der Waals surface area (Å²) < 4.78 is 26.5. The highest BCUT2D eigenvalue weighted by molar-refractivity contribution is 5.98. The quantitative estimate of drug-likeness (QED) is 0.796. The van der Waals surface area contributed by atoms with Crippen molar-refractivity contribution in [2.75, 3.05) is 25.5 Å². The smallest absolute Gasteiger partial charge is 0.254 e. The van der Waals surface area contributed by atoms with Crippen molar-refractivity contribution < 1.29 is 23.2 Å². The van der Waals surface area contributed by atoms with E-state index in [-0.39, 0.29) is 18.0 Å². The van der Waals surface area contributed by atoms with Crippen LogP contribution in [0.2, 0.25) is 0 Å². The van der Waals surface area contributed by atoms with Crippen molar-refractivity contribution in [3.8, 4) is 0 Å². The second-order valence-electron chi connectivity index (χ2n) is 6.35. The zero-order valence-electron chi connectivity index (χ0n) is 15.8. The van der Waals surface area contributed by atoms with E-state index < -0.39 is 30.0 Å². The van der Waals surface area contributed by atoms with Gasteiger partial charge in [-0.3, -0.25) is 14.4 Å². The van der Waals surface area contributed by atoms with Gasteiger partial charge in [-0.25, -0.2) is 8.78 Å². The summed E-state index contributed by atoms with van der Waals surface area (Å²) in [6.45, 7) is 3.16. The van der Waals surface area contributed by atoms with Crippen molar-refractivity contribution in [3.05, 3.63) is 64.7 Å². The second kappa shape index (κ2) is 9.07. The maximum atomic E-state index is 13.6. The van der Waals surface area contributed by atoms with Crippen LogP contribution in [0.25, 0.3) is 0 Å². The maximum Gasteiger partial charge on any atom is 0.254 e. The molecule has 2 rings (SSSR count). The zero-order chi connectivity index (χ0) is 20.8. The number of rotatable bonds is 6. The van der Waals surface area contributed by atoms with Gasteiger partial charge in [-0.05, 0) is 43.2 Å². The third-order valence-electron chi connectivity index (χ3n) is 4.26. The lowest BCUT2D eigenvalue weighted by Crippen LogP contribution is -2.41. The summed E-state index contributed by atoms with van der Waals surface area (Å²) in [5.74, 6) is -3.60. The Morgan fingerprint density at radius 2 is 1.79 bits per heavy atom. The van der Waals surface area contributed by atoms with Crippen LogP contribution in [0.5, 0.6) is 0 Å². The minimum Gasteiger partial charge on any atom is -0.343 e. The number of aryl methyl sites for hydroxylation is 1. The van der Waals surface area contributed by atoms with Crippen LogP contribution in [0.4, 0.5) is 14.5 Å². The average Bonchev–Trinajstić information content (AvgIpc) is 2.63. The number of hydrogen-bond donors (Lipinski definition) is 2. The lowest BCUT2D eigenvalue weighted by molar-refractivity contribution is -0.132. The number of hydrogen-bond acceptors (Lipinski definition) is 3. The van der Waals surface area contributed by atoms with Crippen LogP contribution in [0.1, 0.15) is 21.5 Å². The molecule has 8 heteroatoms. The van der Waals surface area contributed by atoms with E-state index in [4.69, 9.17) is 0 Å². The van der Waals surface area contributed by atoms with E-state index in [9.17, 15) is 23.2 Å². The number of amides is 3. The summed E-state index contributed by atoms with van der Waals surface area (Å²) >= 11 is 0. The van der Waals surface area contributed by atoms with E-state index in [0.29, 0.717) is 11.8 Å². The molecule has 0 bridgehead atoms. The van der Waals surface area contributed by atoms with E-state index in [1.54, 1.807) is 6.07 Å². The van der Waals surface area contributed by atoms with Crippen molar-refractivity contribution in [1.82, 2.24) is 10.2 Å². The number of nitrogens with zero attached hydrogens (tertiary/aromatic N) is 1. The Kier molecular flexibility index (Phi) is 6.81. The Morgan fingerprint density at radius 1 is 1.07 bits per heavy atom. The molecule has 0 aliphatic rings. The molecule has 0 aliphatic carbocycles. The number of carbonyl (C=O) groups excluding carboxylic acids is 3. The molecule has 0 radical (unpaired) electrons. The van der Waals surface area contributed by atoms with Gasteiger partial charge in [-0.1, -0.05) is 12.1 Å². The fraction of sp³-hybridized carbons (Fsp3) is 0.250. The van der Waals surface area contributed by atoms with Crippen molar-refractivity contribution in [2.24, 2.45) is 0 Å². The molecule has 0 heterocycles. The first-order chi connectivity index (χ1) is 13.2. The molecule has 2 N–H and O–H groups in total. The summed E-state index contributed by atoms with van der Waals surface area (Å²) in [7, 11) is 1.41. The Morgan fingerprint density at radius 3 is 2.46 bits per heavy atom. The highest BCUT2D eigenvalue weighted by Crippen LogP contribution is 2.17. The number of nitrogens with one attached hydrogen (secondary N) is 2. The van der Waals surface area contributed by atoms with Crippen LogP contribution >= 0.6 is 0 Å². The summed E-state index contributed by atoms with van der Waals surface area (Å²) in [6.07, 6.45) is 0. The molecule has 6 nitrogen and oxygen atoms in total. The van der Waals surface area contributed by atoms with Crippen molar-refractivity contribution >= 4 is 23.4 Å².